The maximum absolute atomic E-state index is 12.6. The zero-order valence-corrected chi connectivity index (χ0v) is 15.7. The molecule has 1 atom stereocenters. The second-order valence-electron chi connectivity index (χ2n) is 7.24. The van der Waals surface area contributed by atoms with Crippen LogP contribution in [0.15, 0.2) is 36.5 Å². The number of aliphatic hydroxyl groups excluding tert-OH is 1. The number of hydrogen-bond acceptors (Lipinski definition) is 3. The molecule has 6 nitrogen and oxygen atoms in total. The molecule has 142 valence electrons. The molecule has 2 aromatic heterocycles. The lowest BCUT2D eigenvalue weighted by Gasteiger charge is -2.27. The Hall–Kier alpha value is -2.60. The van der Waals surface area contributed by atoms with Gasteiger partial charge in [0.25, 0.3) is 0 Å². The molecule has 0 radical (unpaired) electrons. The Morgan fingerprint density at radius 2 is 2.19 bits per heavy atom. The van der Waals surface area contributed by atoms with Gasteiger partial charge in [0.05, 0.1) is 30.6 Å². The lowest BCUT2D eigenvalue weighted by Crippen LogP contribution is -2.38. The first kappa shape index (κ1) is 17.8. The Bertz CT molecular complexity index is 943. The number of nitrogens with zero attached hydrogens (tertiary/aromatic N) is 3. The van der Waals surface area contributed by atoms with E-state index in [0.29, 0.717) is 38.2 Å². The molecule has 0 fully saturated rings. The predicted octanol–water partition coefficient (Wildman–Crippen LogP) is 3.17. The van der Waals surface area contributed by atoms with E-state index in [9.17, 15) is 9.90 Å². The maximum atomic E-state index is 12.6. The average molecular weight is 366 g/mol. The minimum Gasteiger partial charge on any atom is -0.387 e. The van der Waals surface area contributed by atoms with Crippen LogP contribution in [0.3, 0.4) is 0 Å². The van der Waals surface area contributed by atoms with Crippen molar-refractivity contribution in [3.05, 3.63) is 53.5 Å². The van der Waals surface area contributed by atoms with Gasteiger partial charge >= 0.3 is 0 Å². The molecule has 6 heteroatoms. The molecule has 1 aromatic carbocycles. The first-order chi connectivity index (χ1) is 13.2. The summed E-state index contributed by atoms with van der Waals surface area (Å²) in [7, 11) is 0. The Morgan fingerprint density at radius 1 is 1.33 bits per heavy atom. The summed E-state index contributed by atoms with van der Waals surface area (Å²) < 4.78 is 1.92. The van der Waals surface area contributed by atoms with Crippen LogP contribution in [0.2, 0.25) is 0 Å². The number of carbonyl (C=O) groups excluding carboxylic acids is 1. The van der Waals surface area contributed by atoms with Crippen LogP contribution in [0.4, 0.5) is 0 Å². The number of benzene rings is 1. The molecule has 0 bridgehead atoms. The second-order valence-corrected chi connectivity index (χ2v) is 7.24. The first-order valence-corrected chi connectivity index (χ1v) is 9.73. The number of aromatic nitrogens is 3. The van der Waals surface area contributed by atoms with Gasteiger partial charge in [0.2, 0.25) is 5.91 Å². The zero-order valence-electron chi connectivity index (χ0n) is 15.7. The third kappa shape index (κ3) is 3.62. The topological polar surface area (TPSA) is 74.2 Å². The Kier molecular flexibility index (Phi) is 4.99. The molecule has 0 saturated carbocycles. The molecule has 0 aliphatic carbocycles. The minimum absolute atomic E-state index is 0.194. The van der Waals surface area contributed by atoms with E-state index in [-0.39, 0.29) is 5.91 Å². The van der Waals surface area contributed by atoms with E-state index in [4.69, 9.17) is 0 Å². The van der Waals surface area contributed by atoms with Crippen LogP contribution in [0.5, 0.6) is 0 Å². The molecule has 27 heavy (non-hydrogen) atoms. The van der Waals surface area contributed by atoms with Gasteiger partial charge < -0.3 is 15.0 Å². The number of amides is 1. The number of fused-ring (bicyclic) bond motifs is 2. The summed E-state index contributed by atoms with van der Waals surface area (Å²) in [6.07, 6.45) is 4.47. The zero-order chi connectivity index (χ0) is 18.8. The van der Waals surface area contributed by atoms with Crippen LogP contribution in [0.25, 0.3) is 10.9 Å². The van der Waals surface area contributed by atoms with Crippen molar-refractivity contribution in [3.8, 4) is 0 Å². The van der Waals surface area contributed by atoms with Crippen LogP contribution >= 0.6 is 0 Å². The van der Waals surface area contributed by atoms with E-state index in [1.54, 1.807) is 0 Å². The number of para-hydroxylation sites is 1. The van der Waals surface area contributed by atoms with Gasteiger partial charge in [-0.05, 0) is 37.0 Å². The molecular formula is C21H26N4O2. The Balaban J connectivity index is 1.33. The number of rotatable bonds is 6. The SMILES string of the molecule is CCC(O)c1cc2n(n1)CCN(C(=O)CCCc1c[nH]c3ccccc13)C2. The van der Waals surface area contributed by atoms with Gasteiger partial charge in [0, 0.05) is 30.1 Å². The summed E-state index contributed by atoms with van der Waals surface area (Å²) in [5.74, 6) is 0.194. The number of hydrogen-bond donors (Lipinski definition) is 2. The van der Waals surface area contributed by atoms with E-state index >= 15 is 0 Å². The van der Waals surface area contributed by atoms with E-state index in [2.05, 4.69) is 28.4 Å². The van der Waals surface area contributed by atoms with Crippen LogP contribution < -0.4 is 0 Å². The second kappa shape index (κ2) is 7.56. The van der Waals surface area contributed by atoms with E-state index in [1.165, 1.54) is 10.9 Å². The average Bonchev–Trinajstić information content (AvgIpc) is 3.31. The molecule has 3 aromatic rings. The van der Waals surface area contributed by atoms with Crippen molar-refractivity contribution in [2.45, 2.75) is 51.8 Å². The highest BCUT2D eigenvalue weighted by atomic mass is 16.3. The number of nitrogens with one attached hydrogen (secondary N) is 1. The Labute approximate surface area is 158 Å². The van der Waals surface area contributed by atoms with E-state index < -0.39 is 6.10 Å². The molecule has 1 amide bonds. The van der Waals surface area contributed by atoms with E-state index in [1.807, 2.05) is 34.7 Å². The summed E-state index contributed by atoms with van der Waals surface area (Å²) in [6, 6.07) is 10.2. The monoisotopic (exact) mass is 366 g/mol. The first-order valence-electron chi connectivity index (χ1n) is 9.73. The normalized spacial score (nSPS) is 15.1. The molecule has 0 saturated heterocycles. The fraction of sp³-hybridized carbons (Fsp3) is 0.429. The summed E-state index contributed by atoms with van der Waals surface area (Å²) in [4.78, 5) is 17.8. The van der Waals surface area contributed by atoms with Crippen molar-refractivity contribution in [1.82, 2.24) is 19.7 Å². The van der Waals surface area contributed by atoms with Crippen molar-refractivity contribution in [1.29, 1.82) is 0 Å². The maximum Gasteiger partial charge on any atom is 0.222 e. The molecule has 3 heterocycles. The largest absolute Gasteiger partial charge is 0.387 e. The van der Waals surface area contributed by atoms with Gasteiger partial charge in [-0.3, -0.25) is 9.48 Å². The Morgan fingerprint density at radius 3 is 3.04 bits per heavy atom. The molecule has 0 spiro atoms. The van der Waals surface area contributed by atoms with Crippen molar-refractivity contribution in [2.75, 3.05) is 6.54 Å². The molecule has 1 aliphatic heterocycles. The van der Waals surface area contributed by atoms with Crippen LogP contribution in [0, 0.1) is 0 Å². The molecular weight excluding hydrogens is 340 g/mol. The van der Waals surface area contributed by atoms with Crippen LogP contribution in [-0.4, -0.2) is 37.2 Å². The standard InChI is InChI=1S/C21H26N4O2/c1-2-20(26)19-12-16-14-24(10-11-25(16)23-19)21(27)9-5-6-15-13-22-18-8-4-3-7-17(15)18/h3-4,7-8,12-13,20,22,26H,2,5-6,9-11,14H2,1H3. The number of H-pyrrole nitrogens is 1. The number of aromatic amines is 1. The van der Waals surface area contributed by atoms with Crippen LogP contribution in [-0.2, 0) is 24.3 Å². The summed E-state index contributed by atoms with van der Waals surface area (Å²) >= 11 is 0. The van der Waals surface area contributed by atoms with Gasteiger partial charge in [-0.15, -0.1) is 0 Å². The summed E-state index contributed by atoms with van der Waals surface area (Å²) in [5.41, 5.74) is 4.14. The van der Waals surface area contributed by atoms with Crippen LogP contribution in [0.1, 0.15) is 49.2 Å². The van der Waals surface area contributed by atoms with Crippen molar-refractivity contribution in [3.63, 3.8) is 0 Å². The smallest absolute Gasteiger partial charge is 0.222 e. The van der Waals surface area contributed by atoms with Crippen molar-refractivity contribution < 1.29 is 9.90 Å². The highest BCUT2D eigenvalue weighted by Crippen LogP contribution is 2.22. The number of carbonyl (C=O) groups is 1. The lowest BCUT2D eigenvalue weighted by atomic mass is 10.1. The van der Waals surface area contributed by atoms with Gasteiger partial charge in [0.1, 0.15) is 0 Å². The minimum atomic E-state index is -0.525. The predicted molar refractivity (Wildman–Crippen MR) is 104 cm³/mol. The lowest BCUT2D eigenvalue weighted by molar-refractivity contribution is -0.132. The summed E-state index contributed by atoms with van der Waals surface area (Å²) in [5, 5.41) is 15.7. The van der Waals surface area contributed by atoms with E-state index in [0.717, 1.165) is 24.1 Å². The van der Waals surface area contributed by atoms with Gasteiger partial charge in [-0.25, -0.2) is 0 Å². The molecule has 1 unspecified atom stereocenters. The third-order valence-electron chi connectivity index (χ3n) is 5.41. The molecule has 1 aliphatic rings. The van der Waals surface area contributed by atoms with Crippen molar-refractivity contribution >= 4 is 16.8 Å². The fourth-order valence-corrected chi connectivity index (χ4v) is 3.80. The van der Waals surface area contributed by atoms with Gasteiger partial charge in [0.15, 0.2) is 0 Å². The van der Waals surface area contributed by atoms with Gasteiger partial charge in [-0.1, -0.05) is 25.1 Å². The highest BCUT2D eigenvalue weighted by molar-refractivity contribution is 5.83. The number of aryl methyl sites for hydroxylation is 1. The summed E-state index contributed by atoms with van der Waals surface area (Å²) in [6.45, 7) is 3.89. The third-order valence-corrected chi connectivity index (χ3v) is 5.41. The van der Waals surface area contributed by atoms with Crippen molar-refractivity contribution in [2.24, 2.45) is 0 Å². The molecule has 2 N–H and O–H groups in total. The number of aliphatic hydroxyl groups is 1. The van der Waals surface area contributed by atoms with Gasteiger partial charge in [-0.2, -0.15) is 5.10 Å². The fourth-order valence-electron chi connectivity index (χ4n) is 3.80. The quantitative estimate of drug-likeness (QED) is 0.704. The highest BCUT2D eigenvalue weighted by Gasteiger charge is 2.23. The molecule has 4 rings (SSSR count).